The van der Waals surface area contributed by atoms with Crippen LogP contribution in [0.3, 0.4) is 0 Å². The summed E-state index contributed by atoms with van der Waals surface area (Å²) in [6.45, 7) is 7.78. The van der Waals surface area contributed by atoms with Crippen molar-refractivity contribution >= 4 is 17.4 Å². The van der Waals surface area contributed by atoms with E-state index in [1.54, 1.807) is 11.5 Å². The van der Waals surface area contributed by atoms with Gasteiger partial charge in [0.15, 0.2) is 0 Å². The molecule has 0 spiro atoms. The van der Waals surface area contributed by atoms with Gasteiger partial charge in [-0.2, -0.15) is 4.37 Å². The maximum atomic E-state index is 5.89. The Bertz CT molecular complexity index is 628. The lowest BCUT2D eigenvalue weighted by molar-refractivity contribution is 0.261. The van der Waals surface area contributed by atoms with Crippen LogP contribution < -0.4 is 10.5 Å². The molecule has 4 heteroatoms. The maximum absolute atomic E-state index is 5.89. The van der Waals surface area contributed by atoms with E-state index < -0.39 is 0 Å². The van der Waals surface area contributed by atoms with E-state index in [9.17, 15) is 0 Å². The number of aromatic nitrogens is 1. The van der Waals surface area contributed by atoms with Crippen LogP contribution in [0.15, 0.2) is 36.4 Å². The molecular formula is C23H36N2OS. The average Bonchev–Trinajstić information content (AvgIpc) is 3.10. The number of anilines is 1. The molecule has 0 aliphatic heterocycles. The van der Waals surface area contributed by atoms with Gasteiger partial charge in [0.05, 0.1) is 6.61 Å². The number of hydrogen-bond acceptors (Lipinski definition) is 4. The number of nitrogens with zero attached hydrogens (tertiary/aromatic N) is 1. The van der Waals surface area contributed by atoms with E-state index in [-0.39, 0.29) is 0 Å². The van der Waals surface area contributed by atoms with E-state index >= 15 is 0 Å². The first-order valence-electron chi connectivity index (χ1n) is 10.5. The Balaban J connectivity index is 1.84. The minimum Gasteiger partial charge on any atom is -0.494 e. The third-order valence-electron chi connectivity index (χ3n) is 5.48. The number of benzene rings is 1. The topological polar surface area (TPSA) is 48.1 Å². The van der Waals surface area contributed by atoms with E-state index in [2.05, 4.69) is 31.2 Å². The second-order valence-electron chi connectivity index (χ2n) is 7.69. The van der Waals surface area contributed by atoms with Crippen LogP contribution >= 0.6 is 11.5 Å². The summed E-state index contributed by atoms with van der Waals surface area (Å²) >= 11 is 1.58. The number of para-hydroxylation sites is 1. The molecule has 0 radical (unpaired) electrons. The number of ether oxygens (including phenoxy) is 1. The van der Waals surface area contributed by atoms with Crippen LogP contribution in [0.4, 0.5) is 5.82 Å². The number of unbranched alkanes of at least 4 members (excludes halogenated alkanes) is 1. The van der Waals surface area contributed by atoms with Crippen molar-refractivity contribution in [3.8, 4) is 5.75 Å². The van der Waals surface area contributed by atoms with Crippen molar-refractivity contribution in [2.75, 3.05) is 12.3 Å². The van der Waals surface area contributed by atoms with Gasteiger partial charge in [-0.05, 0) is 73.2 Å². The van der Waals surface area contributed by atoms with Crippen molar-refractivity contribution in [3.05, 3.63) is 41.3 Å². The molecule has 0 saturated heterocycles. The highest BCUT2D eigenvalue weighted by atomic mass is 32.1. The van der Waals surface area contributed by atoms with Crippen molar-refractivity contribution in [2.24, 2.45) is 11.8 Å². The van der Waals surface area contributed by atoms with Crippen LogP contribution in [0.25, 0.3) is 0 Å². The highest BCUT2D eigenvalue weighted by Gasteiger charge is 2.23. The normalized spacial score (nSPS) is 14.6. The van der Waals surface area contributed by atoms with Crippen LogP contribution in [-0.4, -0.2) is 11.0 Å². The fourth-order valence-corrected chi connectivity index (χ4v) is 4.98. The van der Waals surface area contributed by atoms with E-state index in [4.69, 9.17) is 10.5 Å². The van der Waals surface area contributed by atoms with E-state index in [1.165, 1.54) is 37.0 Å². The molecule has 2 aromatic rings. The van der Waals surface area contributed by atoms with Gasteiger partial charge >= 0.3 is 0 Å². The Morgan fingerprint density at radius 1 is 1.11 bits per heavy atom. The van der Waals surface area contributed by atoms with Crippen molar-refractivity contribution in [1.82, 2.24) is 4.37 Å². The largest absolute Gasteiger partial charge is 0.494 e. The molecule has 150 valence electrons. The van der Waals surface area contributed by atoms with Crippen molar-refractivity contribution in [2.45, 2.75) is 71.6 Å². The van der Waals surface area contributed by atoms with Gasteiger partial charge in [0.2, 0.25) is 0 Å². The number of nitrogen functional groups attached to an aromatic ring is 1. The molecule has 0 aliphatic carbocycles. The molecule has 1 aromatic heterocycles. The standard InChI is InChI=1S/C23H36N2OS/c1-4-6-11-19(12-10-15-26-20-13-8-7-9-14-20)16-18(3)21(5-2)22-17-23(24)25-27-22/h7-9,13-14,17-19,21H,4-6,10-12,15-16H2,1-3H3,(H2,24,25). The Morgan fingerprint density at radius 3 is 2.48 bits per heavy atom. The van der Waals surface area contributed by atoms with Gasteiger partial charge in [-0.3, -0.25) is 0 Å². The van der Waals surface area contributed by atoms with E-state index in [0.29, 0.717) is 17.7 Å². The van der Waals surface area contributed by atoms with Gasteiger partial charge < -0.3 is 10.5 Å². The highest BCUT2D eigenvalue weighted by molar-refractivity contribution is 7.06. The van der Waals surface area contributed by atoms with Gasteiger partial charge in [0.1, 0.15) is 11.6 Å². The zero-order valence-electron chi connectivity index (χ0n) is 17.2. The van der Waals surface area contributed by atoms with E-state index in [1.807, 2.05) is 30.3 Å². The quantitative estimate of drug-likeness (QED) is 0.379. The Hall–Kier alpha value is -1.55. The smallest absolute Gasteiger partial charge is 0.137 e. The first-order chi connectivity index (χ1) is 13.1. The lowest BCUT2D eigenvalue weighted by atomic mass is 9.80. The van der Waals surface area contributed by atoms with Gasteiger partial charge in [-0.25, -0.2) is 0 Å². The zero-order chi connectivity index (χ0) is 19.5. The third kappa shape index (κ3) is 7.53. The SMILES string of the molecule is CCCCC(CCCOc1ccccc1)CC(C)C(CC)c1cc(N)ns1. The molecule has 3 atom stereocenters. The summed E-state index contributed by atoms with van der Waals surface area (Å²) in [5.74, 6) is 3.65. The Labute approximate surface area is 169 Å². The molecule has 3 nitrogen and oxygen atoms in total. The van der Waals surface area contributed by atoms with Gasteiger partial charge in [-0.15, -0.1) is 0 Å². The average molecular weight is 389 g/mol. The second-order valence-corrected chi connectivity index (χ2v) is 8.53. The Morgan fingerprint density at radius 2 is 1.85 bits per heavy atom. The van der Waals surface area contributed by atoms with Crippen LogP contribution in [0, 0.1) is 11.8 Å². The predicted molar refractivity (Wildman–Crippen MR) is 118 cm³/mol. The summed E-state index contributed by atoms with van der Waals surface area (Å²) in [5, 5.41) is 0. The molecular weight excluding hydrogens is 352 g/mol. The van der Waals surface area contributed by atoms with Crippen molar-refractivity contribution in [3.63, 3.8) is 0 Å². The van der Waals surface area contributed by atoms with Gasteiger partial charge in [0, 0.05) is 4.88 Å². The number of nitrogens with two attached hydrogens (primary N) is 1. The molecule has 0 bridgehead atoms. The minimum absolute atomic E-state index is 0.574. The second kappa shape index (κ2) is 12.0. The lowest BCUT2D eigenvalue weighted by Crippen LogP contribution is -2.14. The molecule has 27 heavy (non-hydrogen) atoms. The van der Waals surface area contributed by atoms with Crippen molar-refractivity contribution in [1.29, 1.82) is 0 Å². The summed E-state index contributed by atoms with van der Waals surface area (Å²) in [6.07, 6.45) is 8.73. The molecule has 0 saturated carbocycles. The van der Waals surface area contributed by atoms with Crippen LogP contribution in [0.1, 0.15) is 76.5 Å². The molecule has 0 amide bonds. The number of rotatable bonds is 13. The van der Waals surface area contributed by atoms with Crippen LogP contribution in [0.5, 0.6) is 5.75 Å². The number of hydrogen-bond donors (Lipinski definition) is 1. The summed E-state index contributed by atoms with van der Waals surface area (Å²) in [5.41, 5.74) is 5.85. The highest BCUT2D eigenvalue weighted by Crippen LogP contribution is 2.37. The Kier molecular flexibility index (Phi) is 9.68. The summed E-state index contributed by atoms with van der Waals surface area (Å²) < 4.78 is 10.2. The van der Waals surface area contributed by atoms with Crippen LogP contribution in [0.2, 0.25) is 0 Å². The monoisotopic (exact) mass is 388 g/mol. The summed E-state index contributed by atoms with van der Waals surface area (Å²) in [6, 6.07) is 12.2. The summed E-state index contributed by atoms with van der Waals surface area (Å²) in [4.78, 5) is 1.35. The molecule has 0 fully saturated rings. The molecule has 3 unspecified atom stereocenters. The first kappa shape index (κ1) is 21.7. The fraction of sp³-hybridized carbons (Fsp3) is 0.609. The lowest BCUT2D eigenvalue weighted by Gasteiger charge is -2.26. The maximum Gasteiger partial charge on any atom is 0.137 e. The van der Waals surface area contributed by atoms with Crippen molar-refractivity contribution < 1.29 is 4.74 Å². The molecule has 1 aromatic carbocycles. The van der Waals surface area contributed by atoms with E-state index in [0.717, 1.165) is 31.1 Å². The molecule has 1 heterocycles. The predicted octanol–water partition coefficient (Wildman–Crippen LogP) is 6.91. The summed E-state index contributed by atoms with van der Waals surface area (Å²) in [7, 11) is 0. The first-order valence-corrected chi connectivity index (χ1v) is 11.3. The van der Waals surface area contributed by atoms with Gasteiger partial charge in [0.25, 0.3) is 0 Å². The molecule has 0 aliphatic rings. The molecule has 2 N–H and O–H groups in total. The zero-order valence-corrected chi connectivity index (χ0v) is 18.0. The fourth-order valence-electron chi connectivity index (χ4n) is 4.00. The van der Waals surface area contributed by atoms with Crippen LogP contribution in [-0.2, 0) is 0 Å². The molecule has 2 rings (SSSR count). The minimum atomic E-state index is 0.574. The third-order valence-corrected chi connectivity index (χ3v) is 6.41. The van der Waals surface area contributed by atoms with Gasteiger partial charge in [-0.1, -0.05) is 58.2 Å².